The summed E-state index contributed by atoms with van der Waals surface area (Å²) in [6.45, 7) is 3.95. The normalized spacial score (nSPS) is 10.4. The Hall–Kier alpha value is -3.45. The molecular formula is C22H20N2O4S. The summed E-state index contributed by atoms with van der Waals surface area (Å²) in [5.41, 5.74) is 3.95. The Balaban J connectivity index is 1.72. The maximum absolute atomic E-state index is 12.4. The lowest BCUT2D eigenvalue weighted by molar-refractivity contribution is 0.0663. The van der Waals surface area contributed by atoms with Gasteiger partial charge in [-0.1, -0.05) is 31.2 Å². The Labute approximate surface area is 173 Å². The van der Waals surface area contributed by atoms with Crippen LogP contribution in [0.4, 0.5) is 5.69 Å². The number of carbonyl (C=O) groups excluding carboxylic acids is 1. The van der Waals surface area contributed by atoms with Crippen molar-refractivity contribution < 1.29 is 19.1 Å². The van der Waals surface area contributed by atoms with Crippen molar-refractivity contribution in [2.45, 2.75) is 20.3 Å². The fraction of sp³-hybridized carbons (Fsp3) is 0.136. The fourth-order valence-corrected chi connectivity index (χ4v) is 2.94. The van der Waals surface area contributed by atoms with Gasteiger partial charge in [0.05, 0.1) is 0 Å². The predicted molar refractivity (Wildman–Crippen MR) is 115 cm³/mol. The molecule has 0 saturated carbocycles. The summed E-state index contributed by atoms with van der Waals surface area (Å²) in [7, 11) is 0. The molecule has 1 aromatic heterocycles. The minimum atomic E-state index is -1.13. The number of hydrogen-bond donors (Lipinski definition) is 3. The van der Waals surface area contributed by atoms with Crippen molar-refractivity contribution in [2.75, 3.05) is 5.32 Å². The summed E-state index contributed by atoms with van der Waals surface area (Å²) >= 11 is 5.27. The van der Waals surface area contributed by atoms with Crippen molar-refractivity contribution in [1.82, 2.24) is 5.32 Å². The second kappa shape index (κ2) is 8.70. The molecular weight excluding hydrogens is 388 g/mol. The van der Waals surface area contributed by atoms with Gasteiger partial charge in [0.2, 0.25) is 5.76 Å². The topological polar surface area (TPSA) is 91.6 Å². The van der Waals surface area contributed by atoms with Gasteiger partial charge in [-0.2, -0.15) is 0 Å². The first-order chi connectivity index (χ1) is 13.9. The van der Waals surface area contributed by atoms with Gasteiger partial charge in [0.25, 0.3) is 5.91 Å². The van der Waals surface area contributed by atoms with Crippen LogP contribution in [0.2, 0.25) is 0 Å². The Kier molecular flexibility index (Phi) is 6.09. The number of furan rings is 1. The molecule has 0 bridgehead atoms. The molecule has 0 fully saturated rings. The molecule has 0 aliphatic rings. The molecule has 0 unspecified atom stereocenters. The van der Waals surface area contributed by atoms with Crippen LogP contribution in [0.15, 0.2) is 59.0 Å². The van der Waals surface area contributed by atoms with Gasteiger partial charge < -0.3 is 14.8 Å². The molecule has 0 radical (unpaired) electrons. The highest BCUT2D eigenvalue weighted by atomic mass is 32.1. The summed E-state index contributed by atoms with van der Waals surface area (Å²) < 4.78 is 5.34. The summed E-state index contributed by atoms with van der Waals surface area (Å²) in [4.78, 5) is 23.4. The van der Waals surface area contributed by atoms with Gasteiger partial charge in [0, 0.05) is 16.8 Å². The number of hydrogen-bond acceptors (Lipinski definition) is 4. The van der Waals surface area contributed by atoms with Crippen LogP contribution in [-0.4, -0.2) is 22.1 Å². The smallest absolute Gasteiger partial charge is 0.371 e. The number of rotatable bonds is 5. The number of thiocarbonyl (C=S) groups is 1. The van der Waals surface area contributed by atoms with E-state index in [1.54, 1.807) is 24.3 Å². The van der Waals surface area contributed by atoms with E-state index < -0.39 is 5.97 Å². The Morgan fingerprint density at radius 1 is 1.07 bits per heavy atom. The number of carboxylic acid groups (broad SMARTS) is 1. The van der Waals surface area contributed by atoms with Gasteiger partial charge >= 0.3 is 5.97 Å². The molecule has 6 nitrogen and oxygen atoms in total. The molecule has 1 amide bonds. The van der Waals surface area contributed by atoms with Crippen molar-refractivity contribution in [1.29, 1.82) is 0 Å². The molecule has 3 aromatic rings. The third-order valence-corrected chi connectivity index (χ3v) is 4.64. The number of aryl methyl sites for hydroxylation is 2. The standard InChI is InChI=1S/C22H20N2O4S/c1-3-14-5-8-15(9-6-14)20(25)24-22(29)23-17-12-16(7-4-13(17)2)18-10-11-19(28-18)21(26)27/h4-12H,3H2,1-2H3,(H,26,27)(H2,23,24,25,29). The molecule has 2 aromatic carbocycles. The minimum absolute atomic E-state index is 0.132. The monoisotopic (exact) mass is 408 g/mol. The number of carbonyl (C=O) groups is 2. The van der Waals surface area contributed by atoms with E-state index in [2.05, 4.69) is 17.6 Å². The van der Waals surface area contributed by atoms with E-state index >= 15 is 0 Å². The van der Waals surface area contributed by atoms with Crippen LogP contribution in [0.1, 0.15) is 39.0 Å². The number of nitrogens with one attached hydrogen (secondary N) is 2. The van der Waals surface area contributed by atoms with Crippen LogP contribution >= 0.6 is 12.2 Å². The molecule has 0 aliphatic heterocycles. The van der Waals surface area contributed by atoms with Crippen molar-refractivity contribution in [2.24, 2.45) is 0 Å². The van der Waals surface area contributed by atoms with Gasteiger partial charge in [0.1, 0.15) is 5.76 Å². The molecule has 3 N–H and O–H groups in total. The first kappa shape index (κ1) is 20.3. The number of carboxylic acids is 1. The third-order valence-electron chi connectivity index (χ3n) is 4.44. The lowest BCUT2D eigenvalue weighted by Crippen LogP contribution is -2.34. The van der Waals surface area contributed by atoms with Gasteiger partial charge in [-0.25, -0.2) is 4.79 Å². The average Bonchev–Trinajstić information content (AvgIpc) is 3.20. The van der Waals surface area contributed by atoms with Gasteiger partial charge in [-0.15, -0.1) is 0 Å². The molecule has 0 aliphatic carbocycles. The fourth-order valence-electron chi connectivity index (χ4n) is 2.74. The van der Waals surface area contributed by atoms with E-state index in [9.17, 15) is 9.59 Å². The lowest BCUT2D eigenvalue weighted by atomic mass is 10.1. The third kappa shape index (κ3) is 4.89. The van der Waals surface area contributed by atoms with E-state index in [4.69, 9.17) is 21.7 Å². The zero-order valence-corrected chi connectivity index (χ0v) is 16.8. The van der Waals surface area contributed by atoms with Gasteiger partial charge in [0.15, 0.2) is 5.11 Å². The summed E-state index contributed by atoms with van der Waals surface area (Å²) in [5, 5.41) is 14.9. The summed E-state index contributed by atoms with van der Waals surface area (Å²) in [6.07, 6.45) is 0.904. The molecule has 3 rings (SSSR count). The number of aromatic carboxylic acids is 1. The van der Waals surface area contributed by atoms with Crippen molar-refractivity contribution in [3.63, 3.8) is 0 Å². The molecule has 0 atom stereocenters. The molecule has 148 valence electrons. The van der Waals surface area contributed by atoms with Gasteiger partial charge in [-0.05, 0) is 67.0 Å². The van der Waals surface area contributed by atoms with E-state index in [1.807, 2.05) is 31.2 Å². The second-order valence-electron chi connectivity index (χ2n) is 6.46. The largest absolute Gasteiger partial charge is 0.475 e. The van der Waals surface area contributed by atoms with Crippen LogP contribution in [0.5, 0.6) is 0 Å². The van der Waals surface area contributed by atoms with Crippen LogP contribution in [0.25, 0.3) is 11.3 Å². The predicted octanol–water partition coefficient (Wildman–Crippen LogP) is 4.64. The molecule has 0 saturated heterocycles. The zero-order chi connectivity index (χ0) is 21.0. The Bertz CT molecular complexity index is 1070. The highest BCUT2D eigenvalue weighted by Crippen LogP contribution is 2.27. The van der Waals surface area contributed by atoms with Crippen molar-refractivity contribution in [3.8, 4) is 11.3 Å². The van der Waals surface area contributed by atoms with E-state index in [1.165, 1.54) is 6.07 Å². The maximum atomic E-state index is 12.4. The Morgan fingerprint density at radius 2 is 1.79 bits per heavy atom. The van der Waals surface area contributed by atoms with Crippen LogP contribution < -0.4 is 10.6 Å². The highest BCUT2D eigenvalue weighted by molar-refractivity contribution is 7.80. The molecule has 29 heavy (non-hydrogen) atoms. The first-order valence-electron chi connectivity index (χ1n) is 9.02. The molecule has 1 heterocycles. The van der Waals surface area contributed by atoms with Crippen LogP contribution in [-0.2, 0) is 6.42 Å². The number of benzene rings is 2. The minimum Gasteiger partial charge on any atom is -0.475 e. The van der Waals surface area contributed by atoms with Crippen LogP contribution in [0, 0.1) is 6.92 Å². The number of anilines is 1. The van der Waals surface area contributed by atoms with E-state index in [-0.39, 0.29) is 16.8 Å². The molecule has 0 spiro atoms. The quantitative estimate of drug-likeness (QED) is 0.533. The van der Waals surface area contributed by atoms with Crippen molar-refractivity contribution in [3.05, 3.63) is 77.0 Å². The first-order valence-corrected chi connectivity index (χ1v) is 9.43. The van der Waals surface area contributed by atoms with Crippen LogP contribution in [0.3, 0.4) is 0 Å². The zero-order valence-electron chi connectivity index (χ0n) is 16.0. The Morgan fingerprint density at radius 3 is 2.41 bits per heavy atom. The summed E-state index contributed by atoms with van der Waals surface area (Å²) in [6, 6.07) is 15.8. The summed E-state index contributed by atoms with van der Waals surface area (Å²) in [5.74, 6) is -1.13. The van der Waals surface area contributed by atoms with Crippen molar-refractivity contribution >= 4 is 34.9 Å². The molecule has 7 heteroatoms. The van der Waals surface area contributed by atoms with Gasteiger partial charge in [-0.3, -0.25) is 10.1 Å². The second-order valence-corrected chi connectivity index (χ2v) is 6.87. The van der Waals surface area contributed by atoms with E-state index in [0.717, 1.165) is 17.5 Å². The number of amides is 1. The highest BCUT2D eigenvalue weighted by Gasteiger charge is 2.13. The SMILES string of the molecule is CCc1ccc(C(=O)NC(=S)Nc2cc(-c3ccc(C(=O)O)o3)ccc2C)cc1. The maximum Gasteiger partial charge on any atom is 0.371 e. The van der Waals surface area contributed by atoms with E-state index in [0.29, 0.717) is 22.6 Å². The average molecular weight is 408 g/mol. The lowest BCUT2D eigenvalue weighted by Gasteiger charge is -2.13.